The van der Waals surface area contributed by atoms with E-state index >= 15 is 0 Å². The summed E-state index contributed by atoms with van der Waals surface area (Å²) in [6, 6.07) is 13.8. The molecule has 7 nitrogen and oxygen atoms in total. The first kappa shape index (κ1) is 23.0. The second-order valence-corrected chi connectivity index (χ2v) is 10.4. The molecule has 192 valence electrons. The highest BCUT2D eigenvalue weighted by Gasteiger charge is 2.49. The smallest absolute Gasteiger partial charge is 0.317 e. The number of nitrogens with one attached hydrogen (secondary N) is 1. The van der Waals surface area contributed by atoms with Gasteiger partial charge in [0.05, 0.1) is 18.3 Å². The van der Waals surface area contributed by atoms with Crippen molar-refractivity contribution in [3.05, 3.63) is 83.2 Å². The number of carbonyl (C=O) groups excluding carboxylic acids is 2. The van der Waals surface area contributed by atoms with E-state index in [1.165, 1.54) is 7.11 Å². The molecular weight excluding hydrogens is 480 g/mol. The molecule has 4 aliphatic rings. The van der Waals surface area contributed by atoms with Gasteiger partial charge < -0.3 is 19.5 Å². The summed E-state index contributed by atoms with van der Waals surface area (Å²) in [5.74, 6) is -0.505. The van der Waals surface area contributed by atoms with Crippen molar-refractivity contribution in [2.45, 2.75) is 37.5 Å². The van der Waals surface area contributed by atoms with Crippen molar-refractivity contribution in [2.24, 2.45) is 11.8 Å². The minimum Gasteiger partial charge on any atom is -0.468 e. The van der Waals surface area contributed by atoms with Crippen molar-refractivity contribution in [3.8, 4) is 11.5 Å². The number of carbonyl (C=O) groups is 2. The van der Waals surface area contributed by atoms with Gasteiger partial charge in [0.1, 0.15) is 5.92 Å². The minimum absolute atomic E-state index is 0.104. The maximum absolute atomic E-state index is 14.4. The summed E-state index contributed by atoms with van der Waals surface area (Å²) in [4.78, 5) is 32.2. The van der Waals surface area contributed by atoms with Crippen LogP contribution in [0.25, 0.3) is 10.9 Å². The van der Waals surface area contributed by atoms with Crippen molar-refractivity contribution >= 4 is 28.3 Å². The summed E-state index contributed by atoms with van der Waals surface area (Å²) in [6.07, 6.45) is 9.61. The van der Waals surface area contributed by atoms with E-state index in [-0.39, 0.29) is 24.4 Å². The van der Waals surface area contributed by atoms with Crippen molar-refractivity contribution in [2.75, 3.05) is 19.2 Å². The second kappa shape index (κ2) is 9.01. The van der Waals surface area contributed by atoms with Crippen LogP contribution in [0, 0.1) is 11.8 Å². The predicted octanol–water partition coefficient (Wildman–Crippen LogP) is 5.63. The first-order valence-corrected chi connectivity index (χ1v) is 13.2. The zero-order chi connectivity index (χ0) is 25.8. The van der Waals surface area contributed by atoms with Gasteiger partial charge in [0, 0.05) is 34.7 Å². The number of hydrogen-bond donors (Lipinski definition) is 1. The molecule has 0 fully saturated rings. The number of nitrogens with zero attached hydrogens (tertiary/aromatic N) is 1. The maximum atomic E-state index is 14.4. The summed E-state index contributed by atoms with van der Waals surface area (Å²) in [5.41, 5.74) is 5.50. The van der Waals surface area contributed by atoms with Crippen molar-refractivity contribution in [1.29, 1.82) is 0 Å². The van der Waals surface area contributed by atoms with Crippen LogP contribution in [-0.2, 0) is 14.3 Å². The highest BCUT2D eigenvalue weighted by Crippen LogP contribution is 2.53. The van der Waals surface area contributed by atoms with Crippen LogP contribution < -0.4 is 14.8 Å². The average molecular weight is 509 g/mol. The van der Waals surface area contributed by atoms with Crippen LogP contribution in [0.2, 0.25) is 0 Å². The van der Waals surface area contributed by atoms with Crippen LogP contribution in [0.1, 0.15) is 48.6 Å². The molecule has 1 aromatic heterocycles. The number of ether oxygens (including phenoxy) is 3. The number of rotatable bonds is 3. The molecule has 2 aliphatic heterocycles. The maximum Gasteiger partial charge on any atom is 0.317 e. The average Bonchev–Trinajstić information content (AvgIpc) is 3.44. The van der Waals surface area contributed by atoms with Gasteiger partial charge in [-0.2, -0.15) is 0 Å². The Kier molecular flexibility index (Phi) is 5.46. The topological polar surface area (TPSA) is 86.8 Å². The Balaban J connectivity index is 1.40. The molecule has 0 radical (unpaired) electrons. The Morgan fingerprint density at radius 1 is 1.11 bits per heavy atom. The Morgan fingerprint density at radius 3 is 2.84 bits per heavy atom. The fourth-order valence-corrected chi connectivity index (χ4v) is 6.74. The molecule has 7 rings (SSSR count). The van der Waals surface area contributed by atoms with Gasteiger partial charge in [-0.3, -0.25) is 14.6 Å². The van der Waals surface area contributed by atoms with E-state index in [2.05, 4.69) is 34.6 Å². The van der Waals surface area contributed by atoms with Crippen molar-refractivity contribution in [1.82, 2.24) is 4.98 Å². The standard InChI is InChI=1S/C31H28N2O5/c1-36-31(35)27-21(18-9-12-24-25(14-18)38-16-37-24)15-23-28(30(27)34)26(17-6-3-2-4-7-17)20-10-11-22-19(29(20)33-23)8-5-13-32-22/h2-3,5,8-14,17,21,26-27,33H,4,6-7,15-16H2,1H3. The van der Waals surface area contributed by atoms with E-state index in [0.29, 0.717) is 17.9 Å². The normalized spacial score (nSPS) is 25.6. The third-order valence-corrected chi connectivity index (χ3v) is 8.50. The number of allylic oxidation sites excluding steroid dienone is 4. The number of anilines is 1. The number of ketones is 1. The number of benzene rings is 2. The molecule has 3 aromatic rings. The van der Waals surface area contributed by atoms with Gasteiger partial charge in [-0.25, -0.2) is 0 Å². The summed E-state index contributed by atoms with van der Waals surface area (Å²) >= 11 is 0. The molecule has 0 saturated heterocycles. The number of Topliss-reactive ketones (excluding diaryl/α,β-unsaturated/α-hetero) is 1. The number of methoxy groups -OCH3 is 1. The molecule has 3 heterocycles. The van der Waals surface area contributed by atoms with E-state index in [4.69, 9.17) is 14.2 Å². The molecule has 0 bridgehead atoms. The monoisotopic (exact) mass is 508 g/mol. The van der Waals surface area contributed by atoms with Gasteiger partial charge >= 0.3 is 5.97 Å². The van der Waals surface area contributed by atoms with Crippen molar-refractivity contribution in [3.63, 3.8) is 0 Å². The van der Waals surface area contributed by atoms with Crippen LogP contribution in [0.15, 0.2) is 72.1 Å². The Morgan fingerprint density at radius 2 is 2.00 bits per heavy atom. The fourth-order valence-electron chi connectivity index (χ4n) is 6.74. The van der Waals surface area contributed by atoms with Crippen LogP contribution in [0.3, 0.4) is 0 Å². The molecule has 4 atom stereocenters. The van der Waals surface area contributed by atoms with Gasteiger partial charge in [-0.05, 0) is 73.1 Å². The summed E-state index contributed by atoms with van der Waals surface area (Å²) in [7, 11) is 1.35. The predicted molar refractivity (Wildman–Crippen MR) is 142 cm³/mol. The lowest BCUT2D eigenvalue weighted by atomic mass is 9.64. The van der Waals surface area contributed by atoms with Gasteiger partial charge in [-0.15, -0.1) is 0 Å². The number of aromatic nitrogens is 1. The van der Waals surface area contributed by atoms with Crippen LogP contribution >= 0.6 is 0 Å². The Hall–Kier alpha value is -4.13. The molecule has 0 saturated carbocycles. The number of hydrogen-bond acceptors (Lipinski definition) is 7. The number of pyridine rings is 1. The third-order valence-electron chi connectivity index (χ3n) is 8.50. The molecule has 7 heteroatoms. The molecule has 2 aliphatic carbocycles. The van der Waals surface area contributed by atoms with E-state index < -0.39 is 17.8 Å². The summed E-state index contributed by atoms with van der Waals surface area (Å²) in [6.45, 7) is 0.162. The molecule has 1 N–H and O–H groups in total. The lowest BCUT2D eigenvalue weighted by Gasteiger charge is -2.42. The van der Waals surface area contributed by atoms with Gasteiger partial charge in [0.2, 0.25) is 6.79 Å². The Labute approximate surface area is 220 Å². The van der Waals surface area contributed by atoms with Crippen LogP contribution in [0.4, 0.5) is 5.69 Å². The fraction of sp³-hybridized carbons (Fsp3) is 0.323. The first-order valence-electron chi connectivity index (χ1n) is 13.2. The lowest BCUT2D eigenvalue weighted by Crippen LogP contribution is -2.41. The second-order valence-electron chi connectivity index (χ2n) is 10.4. The number of fused-ring (bicyclic) bond motifs is 4. The Bertz CT molecular complexity index is 1540. The van der Waals surface area contributed by atoms with Crippen molar-refractivity contribution < 1.29 is 23.8 Å². The van der Waals surface area contributed by atoms with Crippen LogP contribution in [0.5, 0.6) is 11.5 Å². The zero-order valence-corrected chi connectivity index (χ0v) is 21.1. The van der Waals surface area contributed by atoms with Gasteiger partial charge in [-0.1, -0.05) is 24.3 Å². The highest BCUT2D eigenvalue weighted by molar-refractivity contribution is 6.13. The molecule has 4 unspecified atom stereocenters. The molecular formula is C31H28N2O5. The van der Waals surface area contributed by atoms with Gasteiger partial charge in [0.25, 0.3) is 0 Å². The lowest BCUT2D eigenvalue weighted by molar-refractivity contribution is -0.150. The largest absolute Gasteiger partial charge is 0.468 e. The SMILES string of the molecule is COC(=O)C1C(=O)C2=C(CC1c1ccc3c(c1)OCO3)Nc1c(ccc3ncccc13)C2C1CC=CCC1. The third kappa shape index (κ3) is 3.52. The van der Waals surface area contributed by atoms with Crippen LogP contribution in [-0.4, -0.2) is 30.6 Å². The van der Waals surface area contributed by atoms with E-state index in [1.54, 1.807) is 6.20 Å². The minimum atomic E-state index is -0.925. The molecule has 0 amide bonds. The van der Waals surface area contributed by atoms with Gasteiger partial charge in [0.15, 0.2) is 17.3 Å². The van der Waals surface area contributed by atoms with E-state index in [9.17, 15) is 9.59 Å². The first-order chi connectivity index (χ1) is 18.6. The molecule has 38 heavy (non-hydrogen) atoms. The zero-order valence-electron chi connectivity index (χ0n) is 21.1. The molecule has 0 spiro atoms. The highest BCUT2D eigenvalue weighted by atomic mass is 16.7. The summed E-state index contributed by atoms with van der Waals surface area (Å²) < 4.78 is 16.3. The number of esters is 1. The van der Waals surface area contributed by atoms with E-state index in [0.717, 1.165) is 58.2 Å². The summed E-state index contributed by atoms with van der Waals surface area (Å²) in [5, 5.41) is 4.70. The van der Waals surface area contributed by atoms with E-state index in [1.807, 2.05) is 30.3 Å². The quantitative estimate of drug-likeness (QED) is 0.279. The molecule has 2 aromatic carbocycles.